The van der Waals surface area contributed by atoms with Crippen molar-refractivity contribution in [3.05, 3.63) is 107 Å². The molecule has 0 aliphatic heterocycles. The summed E-state index contributed by atoms with van der Waals surface area (Å²) in [4.78, 5) is 22.5. The third-order valence-electron chi connectivity index (χ3n) is 5.65. The number of hydrogen-bond acceptors (Lipinski definition) is 5. The number of rotatable bonds is 4. The van der Waals surface area contributed by atoms with Crippen molar-refractivity contribution >= 4 is 17.4 Å². The van der Waals surface area contributed by atoms with Gasteiger partial charge in [0.15, 0.2) is 5.82 Å². The molecule has 0 radical (unpaired) electrons. The number of aliphatic hydroxyl groups excluding tert-OH is 1. The normalized spacial score (nSPS) is 13.0. The first kappa shape index (κ1) is 19.9. The van der Waals surface area contributed by atoms with Crippen LogP contribution < -0.4 is 11.1 Å². The molecule has 0 fully saturated rings. The number of aliphatic hydroxyl groups is 1. The van der Waals surface area contributed by atoms with Crippen LogP contribution in [0.2, 0.25) is 0 Å². The van der Waals surface area contributed by atoms with Crippen LogP contribution in [-0.4, -0.2) is 21.0 Å². The molecule has 3 aromatic carbocycles. The van der Waals surface area contributed by atoms with E-state index in [2.05, 4.69) is 5.32 Å². The molecule has 1 amide bonds. The van der Waals surface area contributed by atoms with Gasteiger partial charge in [0, 0.05) is 16.8 Å². The number of nitrogen functional groups attached to an aromatic ring is 1. The van der Waals surface area contributed by atoms with Crippen LogP contribution in [0.1, 0.15) is 39.0 Å². The van der Waals surface area contributed by atoms with E-state index in [1.165, 1.54) is 0 Å². The van der Waals surface area contributed by atoms with Gasteiger partial charge in [0.1, 0.15) is 11.8 Å². The summed E-state index contributed by atoms with van der Waals surface area (Å²) in [5, 5.41) is 14.0. The number of carbonyl (C=O) groups excluding carboxylic acids is 1. The van der Waals surface area contributed by atoms with Gasteiger partial charge in [0.2, 0.25) is 0 Å². The molecule has 6 heteroatoms. The summed E-state index contributed by atoms with van der Waals surface area (Å²) in [5.74, 6) is -0.0294. The Bertz CT molecular complexity index is 1290. The first-order valence-electron chi connectivity index (χ1n) is 10.5. The van der Waals surface area contributed by atoms with Crippen molar-refractivity contribution in [2.75, 3.05) is 11.1 Å². The number of aryl methyl sites for hydroxylation is 2. The van der Waals surface area contributed by atoms with Crippen molar-refractivity contribution < 1.29 is 9.90 Å². The van der Waals surface area contributed by atoms with Gasteiger partial charge in [-0.2, -0.15) is 0 Å². The maximum atomic E-state index is 12.9. The fourth-order valence-electron chi connectivity index (χ4n) is 4.02. The zero-order chi connectivity index (χ0) is 22.1. The van der Waals surface area contributed by atoms with Gasteiger partial charge in [0.05, 0.1) is 11.4 Å². The van der Waals surface area contributed by atoms with Crippen LogP contribution in [0, 0.1) is 0 Å². The SMILES string of the molecule is Nc1ccc2c(c1)CCc1nc(NC(=O)c3ccccc3)c(C(O)c3ccccc3)nc1-2. The molecule has 5 rings (SSSR count). The molecular formula is C26H22N4O2. The Morgan fingerprint density at radius 1 is 0.938 bits per heavy atom. The highest BCUT2D eigenvalue weighted by atomic mass is 16.3. The lowest BCUT2D eigenvalue weighted by molar-refractivity contribution is 0.102. The number of nitrogens with one attached hydrogen (secondary N) is 1. The van der Waals surface area contributed by atoms with E-state index < -0.39 is 6.10 Å². The van der Waals surface area contributed by atoms with Gasteiger partial charge >= 0.3 is 0 Å². The third-order valence-corrected chi connectivity index (χ3v) is 5.65. The summed E-state index contributed by atoms with van der Waals surface area (Å²) < 4.78 is 0. The van der Waals surface area contributed by atoms with Crippen LogP contribution in [0.25, 0.3) is 11.3 Å². The molecule has 0 spiro atoms. The molecule has 1 aromatic heterocycles. The van der Waals surface area contributed by atoms with E-state index in [0.29, 0.717) is 34.6 Å². The molecule has 0 saturated carbocycles. The van der Waals surface area contributed by atoms with Gasteiger partial charge in [0.25, 0.3) is 5.91 Å². The van der Waals surface area contributed by atoms with E-state index in [1.54, 1.807) is 24.3 Å². The molecule has 4 N–H and O–H groups in total. The zero-order valence-electron chi connectivity index (χ0n) is 17.3. The first-order valence-corrected chi connectivity index (χ1v) is 10.5. The number of benzene rings is 3. The van der Waals surface area contributed by atoms with Crippen LogP contribution >= 0.6 is 0 Å². The lowest BCUT2D eigenvalue weighted by Gasteiger charge is -2.23. The molecule has 1 aliphatic rings. The third kappa shape index (κ3) is 3.72. The Balaban J connectivity index is 1.62. The summed E-state index contributed by atoms with van der Waals surface area (Å²) in [5.41, 5.74) is 11.7. The predicted octanol–water partition coefficient (Wildman–Crippen LogP) is 4.16. The van der Waals surface area contributed by atoms with Crippen LogP contribution in [-0.2, 0) is 12.8 Å². The Morgan fingerprint density at radius 2 is 1.66 bits per heavy atom. The van der Waals surface area contributed by atoms with Gasteiger partial charge in [-0.25, -0.2) is 9.97 Å². The fraction of sp³-hybridized carbons (Fsp3) is 0.115. The molecule has 4 aromatic rings. The topological polar surface area (TPSA) is 101 Å². The molecule has 0 saturated heterocycles. The second kappa shape index (κ2) is 8.24. The molecule has 0 bridgehead atoms. The maximum absolute atomic E-state index is 12.9. The lowest BCUT2D eigenvalue weighted by Crippen LogP contribution is -2.20. The van der Waals surface area contributed by atoms with E-state index in [0.717, 1.165) is 23.2 Å². The van der Waals surface area contributed by atoms with E-state index in [-0.39, 0.29) is 11.7 Å². The number of amides is 1. The minimum absolute atomic E-state index is 0.271. The molecule has 1 unspecified atom stereocenters. The summed E-state index contributed by atoms with van der Waals surface area (Å²) in [6.07, 6.45) is 0.419. The Kier molecular flexibility index (Phi) is 5.13. The monoisotopic (exact) mass is 422 g/mol. The molecule has 6 nitrogen and oxygen atoms in total. The smallest absolute Gasteiger partial charge is 0.256 e. The lowest BCUT2D eigenvalue weighted by atomic mass is 9.91. The Hall–Kier alpha value is -4.03. The van der Waals surface area contributed by atoms with E-state index in [9.17, 15) is 9.90 Å². The highest BCUT2D eigenvalue weighted by Crippen LogP contribution is 2.36. The molecule has 158 valence electrons. The van der Waals surface area contributed by atoms with Crippen LogP contribution in [0.3, 0.4) is 0 Å². The van der Waals surface area contributed by atoms with Crippen molar-refractivity contribution in [2.45, 2.75) is 18.9 Å². The van der Waals surface area contributed by atoms with Crippen molar-refractivity contribution in [3.8, 4) is 11.3 Å². The number of carbonyl (C=O) groups is 1. The molecule has 1 heterocycles. The highest BCUT2D eigenvalue weighted by Gasteiger charge is 2.26. The highest BCUT2D eigenvalue weighted by molar-refractivity contribution is 6.04. The number of fused-ring (bicyclic) bond motifs is 3. The van der Waals surface area contributed by atoms with E-state index in [1.807, 2.05) is 54.6 Å². The number of nitrogens with two attached hydrogens (primary N) is 1. The minimum atomic E-state index is -1.04. The maximum Gasteiger partial charge on any atom is 0.256 e. The van der Waals surface area contributed by atoms with Crippen molar-refractivity contribution in [1.29, 1.82) is 0 Å². The second-order valence-corrected chi connectivity index (χ2v) is 7.80. The van der Waals surface area contributed by atoms with Crippen LogP contribution in [0.15, 0.2) is 78.9 Å². The number of nitrogens with zero attached hydrogens (tertiary/aromatic N) is 2. The zero-order valence-corrected chi connectivity index (χ0v) is 17.3. The van der Waals surface area contributed by atoms with Crippen LogP contribution in [0.4, 0.5) is 11.5 Å². The Morgan fingerprint density at radius 3 is 2.41 bits per heavy atom. The van der Waals surface area contributed by atoms with Gasteiger partial charge in [-0.1, -0.05) is 54.6 Å². The van der Waals surface area contributed by atoms with Crippen molar-refractivity contribution in [1.82, 2.24) is 9.97 Å². The molecule has 32 heavy (non-hydrogen) atoms. The van der Waals surface area contributed by atoms with Crippen molar-refractivity contribution in [2.24, 2.45) is 0 Å². The molecule has 1 atom stereocenters. The van der Waals surface area contributed by atoms with Crippen molar-refractivity contribution in [3.63, 3.8) is 0 Å². The summed E-state index contributed by atoms with van der Waals surface area (Å²) in [7, 11) is 0. The van der Waals surface area contributed by atoms with E-state index in [4.69, 9.17) is 15.7 Å². The van der Waals surface area contributed by atoms with Gasteiger partial charge in [-0.05, 0) is 48.2 Å². The average Bonchev–Trinajstić information content (AvgIpc) is 2.84. The first-order chi connectivity index (χ1) is 15.6. The largest absolute Gasteiger partial charge is 0.399 e. The number of hydrogen-bond donors (Lipinski definition) is 3. The summed E-state index contributed by atoms with van der Waals surface area (Å²) >= 11 is 0. The quantitative estimate of drug-likeness (QED) is 0.429. The molecule has 1 aliphatic carbocycles. The van der Waals surface area contributed by atoms with Gasteiger partial charge in [-0.3, -0.25) is 4.79 Å². The predicted molar refractivity (Wildman–Crippen MR) is 124 cm³/mol. The van der Waals surface area contributed by atoms with Gasteiger partial charge < -0.3 is 16.2 Å². The van der Waals surface area contributed by atoms with E-state index >= 15 is 0 Å². The summed E-state index contributed by atoms with van der Waals surface area (Å²) in [6.45, 7) is 0. The Labute approximate surface area is 185 Å². The summed E-state index contributed by atoms with van der Waals surface area (Å²) in [6, 6.07) is 23.9. The minimum Gasteiger partial charge on any atom is -0.399 e. The van der Waals surface area contributed by atoms with Crippen LogP contribution in [0.5, 0.6) is 0 Å². The number of aromatic nitrogens is 2. The number of anilines is 2. The average molecular weight is 422 g/mol. The molecular weight excluding hydrogens is 400 g/mol. The second-order valence-electron chi connectivity index (χ2n) is 7.80. The fourth-order valence-corrected chi connectivity index (χ4v) is 4.02. The standard InChI is InChI=1S/C26H22N4O2/c27-19-12-13-20-18(15-19)11-14-21-22(20)29-23(24(31)16-7-3-1-4-8-16)25(28-21)30-26(32)17-9-5-2-6-10-17/h1-10,12-13,15,24,31H,11,14,27H2,(H,28,30,32). The van der Waals surface area contributed by atoms with Gasteiger partial charge in [-0.15, -0.1) is 0 Å².